The molecule has 0 aliphatic heterocycles. The minimum absolute atomic E-state index is 0. The highest BCUT2D eigenvalue weighted by Crippen LogP contribution is 1.62. The fourth-order valence-corrected chi connectivity index (χ4v) is 0.215. The zero-order valence-electron chi connectivity index (χ0n) is 5.24. The first-order valence-corrected chi connectivity index (χ1v) is 2.21. The molecule has 0 saturated heterocycles. The molecule has 6 heteroatoms. The van der Waals surface area contributed by atoms with Crippen LogP contribution in [0.5, 0.6) is 0 Å². The standard InChI is InChI=1S/C3H4N2.CH4N2O.H2S/c1-2-5-3-4-1;2-1(3)4;/h1-3H,(H,4,5);(H4,2,3,4);1H2. The van der Waals surface area contributed by atoms with Crippen molar-refractivity contribution in [2.75, 3.05) is 0 Å². The number of nitrogens with one attached hydrogen (secondary N) is 1. The third-order valence-electron chi connectivity index (χ3n) is 0.406. The summed E-state index contributed by atoms with van der Waals surface area (Å²) in [5.74, 6) is 0. The van der Waals surface area contributed by atoms with E-state index in [0.29, 0.717) is 0 Å². The summed E-state index contributed by atoms with van der Waals surface area (Å²) in [5.41, 5.74) is 8.50. The lowest BCUT2D eigenvalue weighted by atomic mass is 11.0. The minimum Gasteiger partial charge on any atom is -0.352 e. The Hall–Kier alpha value is -1.17. The quantitative estimate of drug-likeness (QED) is 0.481. The van der Waals surface area contributed by atoms with Crippen LogP contribution < -0.4 is 11.5 Å². The second kappa shape index (κ2) is 7.83. The zero-order valence-corrected chi connectivity index (χ0v) is 6.24. The van der Waals surface area contributed by atoms with E-state index < -0.39 is 6.03 Å². The highest BCUT2D eigenvalue weighted by Gasteiger charge is 1.60. The first kappa shape index (κ1) is 11.6. The summed E-state index contributed by atoms with van der Waals surface area (Å²) >= 11 is 0. The van der Waals surface area contributed by atoms with Gasteiger partial charge in [0.1, 0.15) is 0 Å². The van der Waals surface area contributed by atoms with Gasteiger partial charge in [0.05, 0.1) is 6.33 Å². The number of imidazole rings is 1. The van der Waals surface area contributed by atoms with Crippen molar-refractivity contribution in [2.24, 2.45) is 11.5 Å². The van der Waals surface area contributed by atoms with Gasteiger partial charge in [-0.05, 0) is 0 Å². The fourth-order valence-electron chi connectivity index (χ4n) is 0.215. The van der Waals surface area contributed by atoms with E-state index in [1.807, 2.05) is 0 Å². The molecular weight excluding hydrogens is 152 g/mol. The minimum atomic E-state index is -0.833. The van der Waals surface area contributed by atoms with Crippen LogP contribution in [0, 0.1) is 0 Å². The van der Waals surface area contributed by atoms with E-state index >= 15 is 0 Å². The topological polar surface area (TPSA) is 97.8 Å². The number of primary amides is 2. The second-order valence-corrected chi connectivity index (χ2v) is 1.16. The van der Waals surface area contributed by atoms with Gasteiger partial charge in [0, 0.05) is 12.4 Å². The Morgan fingerprint density at radius 2 is 2.00 bits per heavy atom. The molecule has 5 nitrogen and oxygen atoms in total. The molecule has 1 heterocycles. The van der Waals surface area contributed by atoms with Gasteiger partial charge in [-0.15, -0.1) is 0 Å². The van der Waals surface area contributed by atoms with Crippen LogP contribution >= 0.6 is 13.5 Å². The van der Waals surface area contributed by atoms with Crippen LogP contribution in [0.1, 0.15) is 0 Å². The van der Waals surface area contributed by atoms with Gasteiger partial charge in [-0.25, -0.2) is 9.78 Å². The van der Waals surface area contributed by atoms with Gasteiger partial charge in [0.25, 0.3) is 0 Å². The van der Waals surface area contributed by atoms with E-state index in [1.54, 1.807) is 18.7 Å². The summed E-state index contributed by atoms with van der Waals surface area (Å²) in [5, 5.41) is 0. The maximum absolute atomic E-state index is 9.00. The molecule has 0 bridgehead atoms. The van der Waals surface area contributed by atoms with Gasteiger partial charge in [-0.3, -0.25) is 0 Å². The van der Waals surface area contributed by atoms with Crippen LogP contribution in [0.15, 0.2) is 18.7 Å². The molecule has 0 atom stereocenters. The van der Waals surface area contributed by atoms with E-state index in [2.05, 4.69) is 21.4 Å². The van der Waals surface area contributed by atoms with Gasteiger partial charge < -0.3 is 16.5 Å². The van der Waals surface area contributed by atoms with Crippen molar-refractivity contribution in [3.05, 3.63) is 18.7 Å². The van der Waals surface area contributed by atoms with Crippen LogP contribution in [-0.2, 0) is 0 Å². The molecule has 1 aromatic heterocycles. The Labute approximate surface area is 65.3 Å². The number of amides is 2. The van der Waals surface area contributed by atoms with Crippen molar-refractivity contribution in [2.45, 2.75) is 0 Å². The Kier molecular flexibility index (Phi) is 9.09. The van der Waals surface area contributed by atoms with E-state index in [9.17, 15) is 0 Å². The molecule has 2 amide bonds. The molecule has 58 valence electrons. The number of urea groups is 1. The number of nitrogens with zero attached hydrogens (tertiary/aromatic N) is 1. The van der Waals surface area contributed by atoms with Crippen LogP contribution in [0.3, 0.4) is 0 Å². The number of hydrogen-bond donors (Lipinski definition) is 3. The molecule has 1 aromatic rings. The maximum atomic E-state index is 9.00. The number of hydrogen-bond acceptors (Lipinski definition) is 2. The summed E-state index contributed by atoms with van der Waals surface area (Å²) in [7, 11) is 0. The average molecular weight is 162 g/mol. The number of carbonyl (C=O) groups is 1. The van der Waals surface area contributed by atoms with Gasteiger partial charge in [0.2, 0.25) is 0 Å². The zero-order chi connectivity index (χ0) is 7.11. The fraction of sp³-hybridized carbons (Fsp3) is 0. The van der Waals surface area contributed by atoms with Crippen LogP contribution in [0.4, 0.5) is 4.79 Å². The number of aromatic amines is 1. The van der Waals surface area contributed by atoms with E-state index in [4.69, 9.17) is 4.79 Å². The molecule has 0 radical (unpaired) electrons. The number of rotatable bonds is 0. The van der Waals surface area contributed by atoms with Crippen molar-refractivity contribution in [3.8, 4) is 0 Å². The highest BCUT2D eigenvalue weighted by molar-refractivity contribution is 7.59. The molecule has 1 rings (SSSR count). The highest BCUT2D eigenvalue weighted by atomic mass is 32.1. The summed E-state index contributed by atoms with van der Waals surface area (Å²) < 4.78 is 0. The van der Waals surface area contributed by atoms with Crippen molar-refractivity contribution in [1.82, 2.24) is 9.97 Å². The lowest BCUT2D eigenvalue weighted by Crippen LogP contribution is -2.18. The Morgan fingerprint density at radius 3 is 2.10 bits per heavy atom. The molecule has 0 unspecified atom stereocenters. The average Bonchev–Trinajstić information content (AvgIpc) is 2.11. The normalized spacial score (nSPS) is 6.40. The number of carbonyl (C=O) groups excluding carboxylic acids is 1. The number of H-pyrrole nitrogens is 1. The molecule has 5 N–H and O–H groups in total. The number of aromatic nitrogens is 2. The smallest absolute Gasteiger partial charge is 0.309 e. The molecule has 0 saturated carbocycles. The third kappa shape index (κ3) is 15.8. The van der Waals surface area contributed by atoms with Crippen LogP contribution in [-0.4, -0.2) is 16.0 Å². The second-order valence-electron chi connectivity index (χ2n) is 1.16. The summed E-state index contributed by atoms with van der Waals surface area (Å²) in [6.07, 6.45) is 5.08. The molecule has 0 aliphatic rings. The Morgan fingerprint density at radius 1 is 1.50 bits per heavy atom. The predicted molar refractivity (Wildman–Crippen MR) is 42.7 cm³/mol. The Bertz CT molecular complexity index is 131. The van der Waals surface area contributed by atoms with Gasteiger partial charge >= 0.3 is 6.03 Å². The molecule has 10 heavy (non-hydrogen) atoms. The summed E-state index contributed by atoms with van der Waals surface area (Å²) in [6.45, 7) is 0. The first-order valence-electron chi connectivity index (χ1n) is 2.21. The molecule has 0 spiro atoms. The predicted octanol–water partition coefficient (Wildman–Crippen LogP) is -0.454. The molecule has 0 aromatic carbocycles. The van der Waals surface area contributed by atoms with Crippen molar-refractivity contribution in [3.63, 3.8) is 0 Å². The van der Waals surface area contributed by atoms with Crippen LogP contribution in [0.25, 0.3) is 0 Å². The summed E-state index contributed by atoms with van der Waals surface area (Å²) in [4.78, 5) is 15.4. The summed E-state index contributed by atoms with van der Waals surface area (Å²) in [6, 6.07) is -0.833. The van der Waals surface area contributed by atoms with Gasteiger partial charge in [-0.2, -0.15) is 13.5 Å². The first-order chi connectivity index (χ1) is 4.23. The number of nitrogens with two attached hydrogens (primary N) is 2. The molecule has 0 aliphatic carbocycles. The van der Waals surface area contributed by atoms with Crippen molar-refractivity contribution >= 4 is 19.5 Å². The van der Waals surface area contributed by atoms with E-state index in [-0.39, 0.29) is 13.5 Å². The Balaban J connectivity index is 0. The van der Waals surface area contributed by atoms with Crippen molar-refractivity contribution in [1.29, 1.82) is 0 Å². The molecular formula is C4H10N4OS. The maximum Gasteiger partial charge on any atom is 0.309 e. The lowest BCUT2D eigenvalue weighted by Gasteiger charge is -1.62. The van der Waals surface area contributed by atoms with E-state index in [1.165, 1.54) is 0 Å². The third-order valence-corrected chi connectivity index (χ3v) is 0.406. The lowest BCUT2D eigenvalue weighted by molar-refractivity contribution is 0.256. The van der Waals surface area contributed by atoms with Crippen molar-refractivity contribution < 1.29 is 4.79 Å². The largest absolute Gasteiger partial charge is 0.352 e. The van der Waals surface area contributed by atoms with E-state index in [0.717, 1.165) is 0 Å². The molecule has 0 fully saturated rings. The van der Waals surface area contributed by atoms with Gasteiger partial charge in [0.15, 0.2) is 0 Å². The SMILES string of the molecule is NC(N)=O.S.c1c[nH]cn1. The van der Waals surface area contributed by atoms with Crippen LogP contribution in [0.2, 0.25) is 0 Å². The van der Waals surface area contributed by atoms with Gasteiger partial charge in [-0.1, -0.05) is 0 Å². The monoisotopic (exact) mass is 162 g/mol.